The van der Waals surface area contributed by atoms with Gasteiger partial charge in [-0.3, -0.25) is 5.32 Å². The molecule has 1 aromatic rings. The highest BCUT2D eigenvalue weighted by atomic mass is 14.9. The molecule has 1 heterocycles. The Kier molecular flexibility index (Phi) is 5.20. The van der Waals surface area contributed by atoms with Crippen molar-refractivity contribution in [2.75, 3.05) is 0 Å². The fraction of sp³-hybridized carbons (Fsp3) is 0.667. The monoisotopic (exact) mass is 336 g/mol. The van der Waals surface area contributed by atoms with Crippen LogP contribution < -0.4 is 5.32 Å². The van der Waals surface area contributed by atoms with Crippen LogP contribution in [0.25, 0.3) is 5.57 Å². The summed E-state index contributed by atoms with van der Waals surface area (Å²) in [5.74, 6) is 0. The highest BCUT2D eigenvalue weighted by molar-refractivity contribution is 5.85. The van der Waals surface area contributed by atoms with E-state index in [9.17, 15) is 0 Å². The van der Waals surface area contributed by atoms with E-state index >= 15 is 0 Å². The fourth-order valence-electron chi connectivity index (χ4n) is 5.38. The van der Waals surface area contributed by atoms with Crippen molar-refractivity contribution in [2.45, 2.75) is 102 Å². The van der Waals surface area contributed by atoms with E-state index in [-0.39, 0.29) is 0 Å². The molecule has 0 aromatic heterocycles. The van der Waals surface area contributed by atoms with E-state index in [0.717, 1.165) is 0 Å². The lowest BCUT2D eigenvalue weighted by molar-refractivity contribution is 0.356. The van der Waals surface area contributed by atoms with Crippen molar-refractivity contribution in [2.24, 2.45) is 0 Å². The van der Waals surface area contributed by atoms with Crippen LogP contribution in [-0.4, -0.2) is 0 Å². The largest absolute Gasteiger partial charge is 0.253 e. The Labute approximate surface area is 154 Å². The molecule has 1 aromatic carbocycles. The number of allylic oxidation sites excluding steroid dienone is 2. The molecule has 0 N–H and O–H groups in total. The van der Waals surface area contributed by atoms with Gasteiger partial charge in [0.2, 0.25) is 0 Å². The normalized spacial score (nSPS) is 24.0. The summed E-state index contributed by atoms with van der Waals surface area (Å²) in [4.78, 5) is 0. The first-order valence-corrected chi connectivity index (χ1v) is 10.9. The lowest BCUT2D eigenvalue weighted by Crippen LogP contribution is -2.24. The molecule has 1 nitrogen and oxygen atoms in total. The maximum absolute atomic E-state index is 4.98. The zero-order valence-electron chi connectivity index (χ0n) is 16.1. The van der Waals surface area contributed by atoms with Crippen LogP contribution in [-0.2, 0) is 5.41 Å². The molecule has 1 fully saturated rings. The van der Waals surface area contributed by atoms with Crippen LogP contribution in [0.1, 0.15) is 108 Å². The number of hydrogen-bond donors (Lipinski definition) is 0. The van der Waals surface area contributed by atoms with Crippen molar-refractivity contribution in [3.05, 3.63) is 35.0 Å². The van der Waals surface area contributed by atoms with E-state index in [1.54, 1.807) is 16.7 Å². The molecule has 25 heavy (non-hydrogen) atoms. The van der Waals surface area contributed by atoms with Gasteiger partial charge >= 0.3 is 0 Å². The SMILES string of the molecule is CC1(c2cccc3c2C2=C(CCC2)[N]3)CCCCCCCCCCC1. The Bertz CT molecular complexity index is 627. The van der Waals surface area contributed by atoms with E-state index in [2.05, 4.69) is 25.1 Å². The van der Waals surface area contributed by atoms with Gasteiger partial charge in [-0.15, -0.1) is 0 Å². The zero-order valence-corrected chi connectivity index (χ0v) is 16.1. The maximum Gasteiger partial charge on any atom is 0.0711 e. The van der Waals surface area contributed by atoms with Crippen molar-refractivity contribution in [1.82, 2.24) is 5.32 Å². The van der Waals surface area contributed by atoms with Gasteiger partial charge < -0.3 is 0 Å². The molecule has 1 saturated carbocycles. The van der Waals surface area contributed by atoms with Gasteiger partial charge in [0.25, 0.3) is 0 Å². The summed E-state index contributed by atoms with van der Waals surface area (Å²) in [6.07, 6.45) is 19.3. The average molecular weight is 337 g/mol. The second-order valence-corrected chi connectivity index (χ2v) is 8.83. The second kappa shape index (κ2) is 7.56. The first-order chi connectivity index (χ1) is 12.3. The Balaban J connectivity index is 1.63. The van der Waals surface area contributed by atoms with Crippen LogP contribution in [0.4, 0.5) is 5.69 Å². The molecule has 0 bridgehead atoms. The van der Waals surface area contributed by atoms with Gasteiger partial charge in [0.1, 0.15) is 0 Å². The Morgan fingerprint density at radius 2 is 1.40 bits per heavy atom. The lowest BCUT2D eigenvalue weighted by atomic mass is 9.71. The van der Waals surface area contributed by atoms with Gasteiger partial charge in [-0.05, 0) is 54.7 Å². The highest BCUT2D eigenvalue weighted by Crippen LogP contribution is 2.49. The van der Waals surface area contributed by atoms with Gasteiger partial charge in [-0.25, -0.2) is 0 Å². The number of hydrogen-bond acceptors (Lipinski definition) is 0. The van der Waals surface area contributed by atoms with Crippen LogP contribution in [0.5, 0.6) is 0 Å². The third kappa shape index (κ3) is 3.52. The topological polar surface area (TPSA) is 14.1 Å². The average Bonchev–Trinajstić information content (AvgIpc) is 3.18. The Hall–Kier alpha value is -1.24. The van der Waals surface area contributed by atoms with E-state index in [4.69, 9.17) is 5.32 Å². The quantitative estimate of drug-likeness (QED) is 0.507. The third-order valence-corrected chi connectivity index (χ3v) is 6.90. The van der Waals surface area contributed by atoms with Crippen LogP contribution in [0.3, 0.4) is 0 Å². The van der Waals surface area contributed by atoms with Gasteiger partial charge in [-0.1, -0.05) is 76.8 Å². The molecule has 3 aliphatic rings. The molecule has 1 heteroatoms. The summed E-state index contributed by atoms with van der Waals surface area (Å²) < 4.78 is 0. The third-order valence-electron chi connectivity index (χ3n) is 6.90. The summed E-state index contributed by atoms with van der Waals surface area (Å²) in [6, 6.07) is 6.95. The van der Waals surface area contributed by atoms with E-state index < -0.39 is 0 Å². The number of benzene rings is 1. The standard InChI is InChI=1S/C24H34N/c1-24(17-9-7-5-3-2-4-6-8-10-18-24)20-14-12-16-22-23(20)19-13-11-15-21(19)25-22/h12,14,16H,2-11,13,15,17-18H2,1H3. The molecule has 0 amide bonds. The molecule has 0 saturated heterocycles. The van der Waals surface area contributed by atoms with E-state index in [0.29, 0.717) is 5.41 Å². The Morgan fingerprint density at radius 3 is 2.08 bits per heavy atom. The van der Waals surface area contributed by atoms with Crippen molar-refractivity contribution in [3.63, 3.8) is 0 Å². The molecule has 0 atom stereocenters. The first-order valence-electron chi connectivity index (χ1n) is 10.9. The minimum atomic E-state index is 0.338. The fourth-order valence-corrected chi connectivity index (χ4v) is 5.38. The number of rotatable bonds is 1. The first kappa shape index (κ1) is 17.2. The van der Waals surface area contributed by atoms with Gasteiger partial charge in [0.15, 0.2) is 0 Å². The summed E-state index contributed by atoms with van der Waals surface area (Å²) in [6.45, 7) is 2.56. The van der Waals surface area contributed by atoms with Gasteiger partial charge in [0.05, 0.1) is 5.69 Å². The van der Waals surface area contributed by atoms with Gasteiger partial charge in [0, 0.05) is 11.3 Å². The van der Waals surface area contributed by atoms with Crippen molar-refractivity contribution in [3.8, 4) is 0 Å². The highest BCUT2D eigenvalue weighted by Gasteiger charge is 2.35. The Morgan fingerprint density at radius 1 is 0.760 bits per heavy atom. The predicted octanol–water partition coefficient (Wildman–Crippen LogP) is 7.39. The molecule has 2 aliphatic carbocycles. The van der Waals surface area contributed by atoms with Crippen LogP contribution in [0.15, 0.2) is 23.9 Å². The molecular formula is C24H34N. The molecular weight excluding hydrogens is 302 g/mol. The van der Waals surface area contributed by atoms with Crippen LogP contribution in [0.2, 0.25) is 0 Å². The van der Waals surface area contributed by atoms with Crippen molar-refractivity contribution < 1.29 is 0 Å². The maximum atomic E-state index is 4.98. The van der Waals surface area contributed by atoms with E-state index in [1.807, 2.05) is 0 Å². The summed E-state index contributed by atoms with van der Waals surface area (Å²) >= 11 is 0. The number of fused-ring (bicyclic) bond motifs is 2. The minimum absolute atomic E-state index is 0.338. The van der Waals surface area contributed by atoms with Crippen LogP contribution in [0, 0.1) is 0 Å². The number of nitrogens with zero attached hydrogens (tertiary/aromatic N) is 1. The molecule has 135 valence electrons. The molecule has 1 radical (unpaired) electrons. The summed E-state index contributed by atoms with van der Waals surface area (Å²) in [7, 11) is 0. The predicted molar refractivity (Wildman–Crippen MR) is 107 cm³/mol. The van der Waals surface area contributed by atoms with Gasteiger partial charge in [-0.2, -0.15) is 0 Å². The minimum Gasteiger partial charge on any atom is -0.253 e. The van der Waals surface area contributed by atoms with Crippen molar-refractivity contribution in [1.29, 1.82) is 0 Å². The summed E-state index contributed by atoms with van der Waals surface area (Å²) in [5, 5.41) is 4.98. The molecule has 0 unspecified atom stereocenters. The zero-order chi connectivity index (χ0) is 17.1. The van der Waals surface area contributed by atoms with Crippen LogP contribution >= 0.6 is 0 Å². The van der Waals surface area contributed by atoms with Crippen molar-refractivity contribution >= 4 is 11.3 Å². The smallest absolute Gasteiger partial charge is 0.0711 e. The second-order valence-electron chi connectivity index (χ2n) is 8.83. The molecule has 0 spiro atoms. The molecule has 1 aliphatic heterocycles. The lowest BCUT2D eigenvalue weighted by Gasteiger charge is -2.33. The van der Waals surface area contributed by atoms with E-state index in [1.165, 1.54) is 101 Å². The summed E-state index contributed by atoms with van der Waals surface area (Å²) in [5.41, 5.74) is 7.78. The molecule has 4 rings (SSSR count).